The SMILES string of the molecule is CCCCCCCC/C=C\CCCCCCCCCCCC(=O)OC[C@H](COC(=O)CCCCCCCCCCCCCCCCCCC)OC(=O)CCCCCCCCCCCCCCCCCCCCC. The zero-order chi connectivity index (χ0) is 52.9. The van der Waals surface area contributed by atoms with E-state index in [0.717, 1.165) is 57.8 Å². The van der Waals surface area contributed by atoms with E-state index in [1.54, 1.807) is 0 Å². The van der Waals surface area contributed by atoms with Crippen molar-refractivity contribution in [2.24, 2.45) is 0 Å². The van der Waals surface area contributed by atoms with Crippen LogP contribution in [0.5, 0.6) is 0 Å². The second-order valence-electron chi connectivity index (χ2n) is 22.7. The molecule has 0 saturated heterocycles. The second-order valence-corrected chi connectivity index (χ2v) is 22.7. The van der Waals surface area contributed by atoms with E-state index in [1.807, 2.05) is 0 Å². The normalized spacial score (nSPS) is 12.0. The zero-order valence-corrected chi connectivity index (χ0v) is 49.7. The van der Waals surface area contributed by atoms with Gasteiger partial charge < -0.3 is 14.2 Å². The summed E-state index contributed by atoms with van der Waals surface area (Å²) in [6, 6.07) is 0. The lowest BCUT2D eigenvalue weighted by Gasteiger charge is -2.18. The van der Waals surface area contributed by atoms with Crippen LogP contribution in [0.4, 0.5) is 0 Å². The van der Waals surface area contributed by atoms with Gasteiger partial charge in [0.05, 0.1) is 0 Å². The Labute approximate surface area is 456 Å². The van der Waals surface area contributed by atoms with Crippen LogP contribution < -0.4 is 0 Å². The Morgan fingerprint density at radius 3 is 0.685 bits per heavy atom. The van der Waals surface area contributed by atoms with Crippen molar-refractivity contribution in [2.75, 3.05) is 13.2 Å². The fourth-order valence-electron chi connectivity index (χ4n) is 10.3. The van der Waals surface area contributed by atoms with Crippen LogP contribution in [0.25, 0.3) is 0 Å². The highest BCUT2D eigenvalue weighted by Gasteiger charge is 2.19. The Kier molecular flexibility index (Phi) is 61.1. The lowest BCUT2D eigenvalue weighted by atomic mass is 10.0. The van der Waals surface area contributed by atoms with Crippen LogP contribution in [-0.4, -0.2) is 37.2 Å². The minimum atomic E-state index is -0.766. The molecule has 73 heavy (non-hydrogen) atoms. The largest absolute Gasteiger partial charge is 0.462 e. The van der Waals surface area contributed by atoms with Gasteiger partial charge in [-0.1, -0.05) is 328 Å². The Morgan fingerprint density at radius 1 is 0.260 bits per heavy atom. The molecule has 0 saturated carbocycles. The molecule has 0 amide bonds. The van der Waals surface area contributed by atoms with Crippen LogP contribution in [0.3, 0.4) is 0 Å². The number of carbonyl (C=O) groups is 3. The average molecular weight is 1030 g/mol. The van der Waals surface area contributed by atoms with Gasteiger partial charge in [0.2, 0.25) is 0 Å². The molecule has 0 aliphatic carbocycles. The lowest BCUT2D eigenvalue weighted by Crippen LogP contribution is -2.30. The molecule has 0 aromatic carbocycles. The second kappa shape index (κ2) is 62.7. The molecule has 0 radical (unpaired) electrons. The third-order valence-corrected chi connectivity index (χ3v) is 15.3. The van der Waals surface area contributed by atoms with E-state index in [4.69, 9.17) is 14.2 Å². The summed E-state index contributed by atoms with van der Waals surface area (Å²) in [5.41, 5.74) is 0. The Morgan fingerprint density at radius 2 is 0.452 bits per heavy atom. The lowest BCUT2D eigenvalue weighted by molar-refractivity contribution is -0.167. The molecule has 0 aliphatic rings. The zero-order valence-electron chi connectivity index (χ0n) is 49.7. The summed E-state index contributed by atoms with van der Waals surface area (Å²) in [6.45, 7) is 6.72. The summed E-state index contributed by atoms with van der Waals surface area (Å²) in [5, 5.41) is 0. The summed E-state index contributed by atoms with van der Waals surface area (Å²) < 4.78 is 17.0. The fraction of sp³-hybridized carbons (Fsp3) is 0.925. The van der Waals surface area contributed by atoms with Gasteiger partial charge in [0.1, 0.15) is 13.2 Å². The van der Waals surface area contributed by atoms with E-state index >= 15 is 0 Å². The first-order valence-corrected chi connectivity index (χ1v) is 33.2. The van der Waals surface area contributed by atoms with Gasteiger partial charge in [-0.3, -0.25) is 14.4 Å². The van der Waals surface area contributed by atoms with Gasteiger partial charge in [-0.05, 0) is 44.9 Å². The molecule has 0 bridgehead atoms. The molecule has 0 heterocycles. The van der Waals surface area contributed by atoms with Crippen molar-refractivity contribution in [1.82, 2.24) is 0 Å². The number of hydrogen-bond donors (Lipinski definition) is 0. The fourth-order valence-corrected chi connectivity index (χ4v) is 10.3. The molecule has 1 atom stereocenters. The highest BCUT2D eigenvalue weighted by Crippen LogP contribution is 2.18. The van der Waals surface area contributed by atoms with Gasteiger partial charge >= 0.3 is 17.9 Å². The van der Waals surface area contributed by atoms with Gasteiger partial charge in [0, 0.05) is 19.3 Å². The van der Waals surface area contributed by atoms with Crippen LogP contribution in [0.2, 0.25) is 0 Å². The van der Waals surface area contributed by atoms with Crippen molar-refractivity contribution in [3.8, 4) is 0 Å². The number of hydrogen-bond acceptors (Lipinski definition) is 6. The van der Waals surface area contributed by atoms with E-state index in [9.17, 15) is 14.4 Å². The molecule has 0 spiro atoms. The van der Waals surface area contributed by atoms with Crippen molar-refractivity contribution in [3.05, 3.63) is 12.2 Å². The molecule has 0 aromatic heterocycles. The van der Waals surface area contributed by atoms with Crippen molar-refractivity contribution >= 4 is 17.9 Å². The number of esters is 3. The van der Waals surface area contributed by atoms with Gasteiger partial charge in [-0.25, -0.2) is 0 Å². The molecule has 6 heteroatoms. The van der Waals surface area contributed by atoms with Crippen LogP contribution in [0.15, 0.2) is 12.2 Å². The van der Waals surface area contributed by atoms with Gasteiger partial charge in [0.15, 0.2) is 6.10 Å². The molecule has 0 fully saturated rings. The number of rotatable bonds is 62. The number of carbonyl (C=O) groups excluding carboxylic acids is 3. The summed E-state index contributed by atoms with van der Waals surface area (Å²) in [6.07, 6.45) is 73.6. The number of allylic oxidation sites excluding steroid dienone is 2. The number of unbranched alkanes of at least 4 members (excludes halogenated alkanes) is 49. The average Bonchev–Trinajstić information content (AvgIpc) is 3.39. The Bertz CT molecular complexity index is 1130. The third kappa shape index (κ3) is 60.9. The van der Waals surface area contributed by atoms with Crippen LogP contribution in [0.1, 0.15) is 380 Å². The molecule has 0 aromatic rings. The van der Waals surface area contributed by atoms with Gasteiger partial charge in [0.25, 0.3) is 0 Å². The molecule has 432 valence electrons. The summed E-state index contributed by atoms with van der Waals surface area (Å²) in [7, 11) is 0. The van der Waals surface area contributed by atoms with E-state index in [-0.39, 0.29) is 31.1 Å². The first-order chi connectivity index (χ1) is 36.0. The van der Waals surface area contributed by atoms with Gasteiger partial charge in [-0.2, -0.15) is 0 Å². The van der Waals surface area contributed by atoms with E-state index in [0.29, 0.717) is 19.3 Å². The van der Waals surface area contributed by atoms with E-state index < -0.39 is 6.10 Å². The van der Waals surface area contributed by atoms with Gasteiger partial charge in [-0.15, -0.1) is 0 Å². The predicted octanol–water partition coefficient (Wildman–Crippen LogP) is 22.4. The van der Waals surface area contributed by atoms with Crippen molar-refractivity contribution in [2.45, 2.75) is 386 Å². The summed E-state index contributed by atoms with van der Waals surface area (Å²) in [4.78, 5) is 38.4. The predicted molar refractivity (Wildman–Crippen MR) is 317 cm³/mol. The van der Waals surface area contributed by atoms with Crippen molar-refractivity contribution in [3.63, 3.8) is 0 Å². The van der Waals surface area contributed by atoms with E-state index in [2.05, 4.69) is 32.9 Å². The highest BCUT2D eigenvalue weighted by atomic mass is 16.6. The molecule has 0 unspecified atom stereocenters. The van der Waals surface area contributed by atoms with Crippen LogP contribution in [0, 0.1) is 0 Å². The van der Waals surface area contributed by atoms with Crippen molar-refractivity contribution in [1.29, 1.82) is 0 Å². The minimum absolute atomic E-state index is 0.0635. The van der Waals surface area contributed by atoms with Crippen LogP contribution in [-0.2, 0) is 28.6 Å². The molecule has 0 aliphatic heterocycles. The summed E-state index contributed by atoms with van der Waals surface area (Å²) >= 11 is 0. The third-order valence-electron chi connectivity index (χ3n) is 15.3. The van der Waals surface area contributed by atoms with Crippen molar-refractivity contribution < 1.29 is 28.6 Å². The Balaban J connectivity index is 4.30. The summed E-state index contributed by atoms with van der Waals surface area (Å²) in [5.74, 6) is -0.832. The van der Waals surface area contributed by atoms with E-state index in [1.165, 1.54) is 283 Å². The maximum absolute atomic E-state index is 12.9. The first-order valence-electron chi connectivity index (χ1n) is 33.2. The minimum Gasteiger partial charge on any atom is -0.462 e. The molecule has 0 rings (SSSR count). The molecule has 0 N–H and O–H groups in total. The monoisotopic (exact) mass is 1030 g/mol. The Hall–Kier alpha value is -1.85. The highest BCUT2D eigenvalue weighted by molar-refractivity contribution is 5.71. The standard InChI is InChI=1S/C67H128O6/c1-4-7-10-13-16-19-22-25-28-31-33-36-39-42-45-48-51-54-57-60-66(69)72-63-64(62-71-65(68)59-56-53-50-47-44-41-38-35-30-27-24-21-18-15-12-9-6-3)73-67(70)61-58-55-52-49-46-43-40-37-34-32-29-26-23-20-17-14-11-8-5-2/h25,28,64H,4-24,26-27,29-63H2,1-3H3/b28-25-/t64-/m0/s1. The quantitative estimate of drug-likeness (QED) is 0.0261. The number of ether oxygens (including phenoxy) is 3. The maximum atomic E-state index is 12.9. The smallest absolute Gasteiger partial charge is 0.306 e. The van der Waals surface area contributed by atoms with Crippen LogP contribution >= 0.6 is 0 Å². The molecule has 6 nitrogen and oxygen atoms in total. The topological polar surface area (TPSA) is 78.9 Å². The molecular weight excluding hydrogens is 901 g/mol. The maximum Gasteiger partial charge on any atom is 0.306 e. The molecular formula is C67H128O6. The first kappa shape index (κ1) is 71.2.